The number of likely N-dealkylation sites (tertiary alicyclic amines) is 2. The zero-order valence-electron chi connectivity index (χ0n) is 35.9. The van der Waals surface area contributed by atoms with E-state index >= 15 is 0 Å². The van der Waals surface area contributed by atoms with E-state index in [0.717, 1.165) is 116 Å². The van der Waals surface area contributed by atoms with Crippen molar-refractivity contribution < 1.29 is 19.0 Å². The van der Waals surface area contributed by atoms with E-state index in [2.05, 4.69) is 36.5 Å². The molecule has 2 aliphatic heterocycles. The van der Waals surface area contributed by atoms with Crippen LogP contribution in [0.1, 0.15) is 57.6 Å². The Labute approximate surface area is 351 Å². The zero-order chi connectivity index (χ0) is 42.8. The van der Waals surface area contributed by atoms with Crippen LogP contribution in [0, 0.1) is 6.92 Å². The van der Waals surface area contributed by atoms with E-state index < -0.39 is 11.7 Å². The van der Waals surface area contributed by atoms with Gasteiger partial charge in [-0.25, -0.2) is 14.8 Å². The van der Waals surface area contributed by atoms with E-state index in [0.29, 0.717) is 30.9 Å². The molecule has 3 aromatic carbocycles. The minimum absolute atomic E-state index is 0.0746. The van der Waals surface area contributed by atoms with Gasteiger partial charge in [0.2, 0.25) is 0 Å². The number of methoxy groups -OCH3 is 2. The molecule has 4 heterocycles. The van der Waals surface area contributed by atoms with Crippen LogP contribution in [0.2, 0.25) is 0 Å². The molecule has 0 unspecified atom stereocenters. The third-order valence-electron chi connectivity index (χ3n) is 11.1. The molecule has 0 bridgehead atoms. The van der Waals surface area contributed by atoms with Crippen molar-refractivity contribution in [1.82, 2.24) is 34.2 Å². The van der Waals surface area contributed by atoms with Crippen LogP contribution in [-0.4, -0.2) is 106 Å². The lowest BCUT2D eigenvalue weighted by molar-refractivity contribution is 0.0635. The molecule has 0 aliphatic carbocycles. The van der Waals surface area contributed by atoms with Crippen molar-refractivity contribution in [3.8, 4) is 11.5 Å². The van der Waals surface area contributed by atoms with Gasteiger partial charge >= 0.3 is 6.09 Å². The van der Waals surface area contributed by atoms with Gasteiger partial charge in [0.25, 0.3) is 11.1 Å². The minimum Gasteiger partial charge on any atom is -0.497 e. The maximum atomic E-state index is 12.5. The largest absolute Gasteiger partial charge is 0.497 e. The van der Waals surface area contributed by atoms with Crippen molar-refractivity contribution in [2.75, 3.05) is 58.8 Å². The lowest BCUT2D eigenvalue weighted by Crippen LogP contribution is -2.43. The van der Waals surface area contributed by atoms with Crippen molar-refractivity contribution in [2.24, 2.45) is 5.73 Å². The quantitative estimate of drug-likeness (QED) is 0.152. The third kappa shape index (κ3) is 12.1. The molecule has 7 rings (SSSR count). The Hall–Kier alpha value is -5.35. The zero-order valence-corrected chi connectivity index (χ0v) is 35.9. The van der Waals surface area contributed by atoms with Crippen molar-refractivity contribution >= 4 is 33.8 Å². The molecule has 322 valence electrons. The van der Waals surface area contributed by atoms with E-state index in [1.807, 2.05) is 76.2 Å². The smallest absolute Gasteiger partial charge is 0.412 e. The number of rotatable bonds is 12. The van der Waals surface area contributed by atoms with Gasteiger partial charge < -0.3 is 44.2 Å². The standard InChI is InChI=1S/C29H39N5O4.C16H22N4O2/c1-20-6-7-21(16-25(20)32-28(36)38-29(2,3)4)18-30-22-10-12-33(13-11-22)14-15-34-26-17-23(37-5)8-9-24(26)31-19-27(34)35;1-22-13-2-3-14-15(10-13)20(16(21)11-18-14)9-8-19-6-4-12(17)5-7-19/h6-9,16-17,19,22,30H,10-15,18H2,1-5H3,(H,32,36);2-3,10-12H,4-9,17H2,1H3. The number of fused-ring (bicyclic) bond motifs is 2. The van der Waals surface area contributed by atoms with Crippen molar-refractivity contribution in [2.45, 2.75) is 90.7 Å². The molecule has 15 nitrogen and oxygen atoms in total. The molecule has 4 N–H and O–H groups in total. The van der Waals surface area contributed by atoms with Crippen LogP contribution in [0.5, 0.6) is 11.5 Å². The molecule has 15 heteroatoms. The Kier molecular flexibility index (Phi) is 14.9. The molecular formula is C45H61N9O6. The number of amides is 1. The van der Waals surface area contributed by atoms with Crippen LogP contribution in [0.25, 0.3) is 22.1 Å². The summed E-state index contributed by atoms with van der Waals surface area (Å²) in [6.45, 7) is 15.1. The highest BCUT2D eigenvalue weighted by Crippen LogP contribution is 2.22. The normalized spacial score (nSPS) is 15.7. The first-order chi connectivity index (χ1) is 28.8. The van der Waals surface area contributed by atoms with Gasteiger partial charge in [-0.2, -0.15) is 0 Å². The summed E-state index contributed by atoms with van der Waals surface area (Å²) in [5, 5.41) is 6.54. The molecule has 2 saturated heterocycles. The van der Waals surface area contributed by atoms with Gasteiger partial charge in [-0.05, 0) is 121 Å². The summed E-state index contributed by atoms with van der Waals surface area (Å²) < 4.78 is 19.6. The summed E-state index contributed by atoms with van der Waals surface area (Å²) in [4.78, 5) is 50.2. The second-order valence-corrected chi connectivity index (χ2v) is 16.7. The monoisotopic (exact) mass is 823 g/mol. The first-order valence-electron chi connectivity index (χ1n) is 20.9. The van der Waals surface area contributed by atoms with E-state index in [9.17, 15) is 14.4 Å². The first-order valence-corrected chi connectivity index (χ1v) is 20.9. The average molecular weight is 824 g/mol. The molecule has 0 spiro atoms. The molecule has 5 aromatic rings. The molecule has 0 atom stereocenters. The number of aromatic nitrogens is 4. The van der Waals surface area contributed by atoms with Crippen LogP contribution in [0.3, 0.4) is 0 Å². The summed E-state index contributed by atoms with van der Waals surface area (Å²) in [5.74, 6) is 1.45. The Morgan fingerprint density at radius 2 is 1.27 bits per heavy atom. The number of piperidine rings is 2. The van der Waals surface area contributed by atoms with Gasteiger partial charge in [0.1, 0.15) is 17.1 Å². The Bertz CT molecular complexity index is 2340. The maximum absolute atomic E-state index is 12.5. The number of anilines is 1. The molecule has 2 fully saturated rings. The number of nitrogens with two attached hydrogens (primary N) is 1. The fourth-order valence-corrected chi connectivity index (χ4v) is 7.61. The summed E-state index contributed by atoms with van der Waals surface area (Å²) >= 11 is 0. The molecular weight excluding hydrogens is 763 g/mol. The number of nitrogens with zero attached hydrogens (tertiary/aromatic N) is 6. The van der Waals surface area contributed by atoms with Gasteiger partial charge in [-0.1, -0.05) is 12.1 Å². The van der Waals surface area contributed by atoms with E-state index in [1.165, 1.54) is 12.4 Å². The number of benzene rings is 3. The number of ether oxygens (including phenoxy) is 3. The lowest BCUT2D eigenvalue weighted by Gasteiger charge is -2.32. The Morgan fingerprint density at radius 1 is 0.750 bits per heavy atom. The first kappa shape index (κ1) is 44.2. The van der Waals surface area contributed by atoms with Crippen LogP contribution in [0.15, 0.2) is 76.6 Å². The van der Waals surface area contributed by atoms with E-state index in [4.69, 9.17) is 19.9 Å². The third-order valence-corrected chi connectivity index (χ3v) is 11.1. The summed E-state index contributed by atoms with van der Waals surface area (Å²) in [5.41, 5.74) is 11.3. The van der Waals surface area contributed by atoms with Crippen molar-refractivity contribution in [3.05, 3.63) is 98.8 Å². The Balaban J connectivity index is 0.000000232. The number of nitrogens with one attached hydrogen (secondary N) is 2. The molecule has 2 aromatic heterocycles. The second-order valence-electron chi connectivity index (χ2n) is 16.7. The molecule has 60 heavy (non-hydrogen) atoms. The van der Waals surface area contributed by atoms with E-state index in [-0.39, 0.29) is 11.1 Å². The fraction of sp³-hybridized carbons (Fsp3) is 0.489. The second kappa shape index (κ2) is 20.3. The van der Waals surface area contributed by atoms with Gasteiger partial charge in [0.05, 0.1) is 48.7 Å². The molecule has 2 aliphatic rings. The number of aryl methyl sites for hydroxylation is 1. The number of carbonyl (C=O) groups is 1. The minimum atomic E-state index is -0.540. The predicted molar refractivity (Wildman–Crippen MR) is 236 cm³/mol. The van der Waals surface area contributed by atoms with Crippen molar-refractivity contribution in [3.63, 3.8) is 0 Å². The van der Waals surface area contributed by atoms with Crippen molar-refractivity contribution in [1.29, 1.82) is 0 Å². The fourth-order valence-electron chi connectivity index (χ4n) is 7.61. The number of hydrogen-bond acceptors (Lipinski definition) is 12. The van der Waals surface area contributed by atoms with Crippen LogP contribution >= 0.6 is 0 Å². The SMILES string of the molecule is COc1ccc2ncc(=O)n(CCN3CCC(N)CC3)c2c1.COc1ccc2ncc(=O)n(CCN3CCC(NCc4ccc(C)c(NC(=O)OC(C)(C)C)c4)CC3)c2c1. The lowest BCUT2D eigenvalue weighted by atomic mass is 10.0. The topological polar surface area (TPSA) is 171 Å². The van der Waals surface area contributed by atoms with Gasteiger partial charge in [-0.15, -0.1) is 0 Å². The van der Waals surface area contributed by atoms with E-state index in [1.54, 1.807) is 23.4 Å². The summed E-state index contributed by atoms with van der Waals surface area (Å²) in [7, 11) is 3.24. The maximum Gasteiger partial charge on any atom is 0.412 e. The molecule has 1 amide bonds. The van der Waals surface area contributed by atoms with Crippen LogP contribution < -0.4 is 37.0 Å². The predicted octanol–water partition coefficient (Wildman–Crippen LogP) is 5.14. The number of carbonyl (C=O) groups excluding carboxylic acids is 1. The van der Waals surface area contributed by atoms with Gasteiger partial charge in [0.15, 0.2) is 0 Å². The Morgan fingerprint density at radius 3 is 1.77 bits per heavy atom. The highest BCUT2D eigenvalue weighted by atomic mass is 16.6. The summed E-state index contributed by atoms with van der Waals surface area (Å²) in [6, 6.07) is 18.1. The highest BCUT2D eigenvalue weighted by molar-refractivity contribution is 5.86. The number of hydrogen-bond donors (Lipinski definition) is 3. The average Bonchev–Trinajstić information content (AvgIpc) is 3.23. The van der Waals surface area contributed by atoms with Gasteiger partial charge in [0, 0.05) is 62.6 Å². The molecule has 0 saturated carbocycles. The highest BCUT2D eigenvalue weighted by Gasteiger charge is 2.21. The van der Waals surface area contributed by atoms with Crippen LogP contribution in [0.4, 0.5) is 10.5 Å². The summed E-state index contributed by atoms with van der Waals surface area (Å²) in [6.07, 6.45) is 6.47. The molecule has 0 radical (unpaired) electrons. The van der Waals surface area contributed by atoms with Crippen LogP contribution in [-0.2, 0) is 24.4 Å². The van der Waals surface area contributed by atoms with Gasteiger partial charge in [-0.3, -0.25) is 14.9 Å².